The number of nitrogens with zero attached hydrogens (tertiary/aromatic N) is 2. The van der Waals surface area contributed by atoms with Crippen LogP contribution in [-0.4, -0.2) is 85.2 Å². The average molecular weight is 428 g/mol. The molecule has 0 saturated carbocycles. The molecule has 1 fully saturated rings. The van der Waals surface area contributed by atoms with E-state index in [0.29, 0.717) is 4.74 Å². The van der Waals surface area contributed by atoms with Crippen molar-refractivity contribution in [2.24, 2.45) is 11.5 Å². The molecule has 1 spiro atoms. The highest BCUT2D eigenvalue weighted by molar-refractivity contribution is 5.90. The Labute approximate surface area is 168 Å². The van der Waals surface area contributed by atoms with Crippen molar-refractivity contribution in [2.45, 2.75) is 36.4 Å². The number of hydrogen-bond acceptors (Lipinski definition) is 9. The van der Waals surface area contributed by atoms with Crippen molar-refractivity contribution in [3.63, 3.8) is 0 Å². The molecule has 0 amide bonds. The number of benzene rings is 1. The van der Waals surface area contributed by atoms with Crippen molar-refractivity contribution >= 4 is 17.9 Å². The minimum Gasteiger partial charge on any atom is -0.452 e. The minimum absolute atomic E-state index is 0.0170. The summed E-state index contributed by atoms with van der Waals surface area (Å²) in [7, 11) is 0. The van der Waals surface area contributed by atoms with E-state index in [2.05, 4.69) is 10.6 Å². The van der Waals surface area contributed by atoms with Crippen LogP contribution in [0.25, 0.3) is 0 Å². The highest BCUT2D eigenvalue weighted by Gasteiger charge is 2.80. The number of hydrogen-bond donors (Lipinski definition) is 7. The number of esters is 1. The summed E-state index contributed by atoms with van der Waals surface area (Å²) in [6, 6.07) is 1.39. The molecule has 0 aliphatic carbocycles. The third kappa shape index (κ3) is 2.32. The lowest BCUT2D eigenvalue weighted by Gasteiger charge is -2.41. The standard InChI is InChI=1S/C17H20F2N6O5/c1-16(28)10(30-13(27)7-3-2-4-8(18)11(7)19)5-24-14(20)22-9(6-26)12-17(16,24)25(29)15(21)23-12/h2-4,9-10,12,26,28-29H,5-6H2,1H3,(H4,20,21,22,23)/p+2/t9-,10-,12?,16-,17?/m0/s1. The maximum absolute atomic E-state index is 14.0. The average Bonchev–Trinajstić information content (AvgIpc) is 3.10. The maximum atomic E-state index is 14.0. The molecule has 0 radical (unpaired) electrons. The fraction of sp³-hybridized carbons (Fsp3) is 0.471. The molecule has 3 aliphatic rings. The van der Waals surface area contributed by atoms with Crippen LogP contribution >= 0.6 is 0 Å². The Morgan fingerprint density at radius 3 is 2.70 bits per heavy atom. The number of nitrogens with two attached hydrogens (primary N) is 2. The Kier molecular flexibility index (Phi) is 4.29. The Morgan fingerprint density at radius 1 is 1.33 bits per heavy atom. The zero-order valence-electron chi connectivity index (χ0n) is 15.8. The lowest BCUT2D eigenvalue weighted by Crippen LogP contribution is -2.78. The van der Waals surface area contributed by atoms with E-state index in [4.69, 9.17) is 16.2 Å². The number of carbonyl (C=O) groups is 1. The van der Waals surface area contributed by atoms with Crippen molar-refractivity contribution in [1.29, 1.82) is 0 Å². The summed E-state index contributed by atoms with van der Waals surface area (Å²) in [4.78, 5) is 12.5. The van der Waals surface area contributed by atoms with E-state index in [-0.39, 0.29) is 18.5 Å². The summed E-state index contributed by atoms with van der Waals surface area (Å²) in [6.45, 7) is 0.649. The van der Waals surface area contributed by atoms with Gasteiger partial charge in [-0.3, -0.25) is 22.1 Å². The molecule has 5 atom stereocenters. The first-order valence-electron chi connectivity index (χ1n) is 9.10. The lowest BCUT2D eigenvalue weighted by atomic mass is 9.79. The van der Waals surface area contributed by atoms with Crippen LogP contribution in [0.4, 0.5) is 8.78 Å². The zero-order valence-corrected chi connectivity index (χ0v) is 15.8. The number of hydroxylamine groups is 1. The molecule has 1 aromatic rings. The fourth-order valence-electron chi connectivity index (χ4n) is 4.61. The molecule has 30 heavy (non-hydrogen) atoms. The molecular weight excluding hydrogens is 406 g/mol. The topological polar surface area (TPSA) is 169 Å². The number of ether oxygens (including phenoxy) is 1. The van der Waals surface area contributed by atoms with E-state index in [1.807, 2.05) is 0 Å². The quantitative estimate of drug-likeness (QED) is 0.150. The van der Waals surface area contributed by atoms with Gasteiger partial charge in [0.15, 0.2) is 29.4 Å². The molecule has 1 aromatic carbocycles. The fourth-order valence-corrected chi connectivity index (χ4v) is 4.61. The van der Waals surface area contributed by atoms with Gasteiger partial charge in [-0.2, -0.15) is 0 Å². The zero-order chi connectivity index (χ0) is 22.0. The molecule has 162 valence electrons. The van der Waals surface area contributed by atoms with Gasteiger partial charge in [-0.15, -0.1) is 0 Å². The summed E-state index contributed by atoms with van der Waals surface area (Å²) >= 11 is 0. The molecule has 1 saturated heterocycles. The number of aliphatic hydroxyl groups is 2. The molecule has 3 heterocycles. The molecule has 0 aromatic heterocycles. The second-order valence-corrected chi connectivity index (χ2v) is 7.62. The normalized spacial score (nSPS) is 34.9. The van der Waals surface area contributed by atoms with Gasteiger partial charge in [-0.1, -0.05) is 6.07 Å². The number of rotatable bonds is 3. The number of guanidine groups is 2. The van der Waals surface area contributed by atoms with Gasteiger partial charge in [0.25, 0.3) is 0 Å². The summed E-state index contributed by atoms with van der Waals surface area (Å²) in [5.74, 6) is -4.05. The molecule has 0 bridgehead atoms. The molecule has 3 aliphatic heterocycles. The molecule has 4 rings (SSSR count). The van der Waals surface area contributed by atoms with Crippen molar-refractivity contribution in [2.75, 3.05) is 13.2 Å². The number of aliphatic hydroxyl groups excluding tert-OH is 1. The smallest absolute Gasteiger partial charge is 0.384 e. The van der Waals surface area contributed by atoms with Crippen molar-refractivity contribution < 1.29 is 43.0 Å². The predicted molar refractivity (Wildman–Crippen MR) is 95.4 cm³/mol. The lowest BCUT2D eigenvalue weighted by molar-refractivity contribution is -0.943. The van der Waals surface area contributed by atoms with Crippen LogP contribution in [0.2, 0.25) is 0 Å². The third-order valence-electron chi connectivity index (χ3n) is 6.06. The number of halogens is 2. The SMILES string of the molecule is C[C@]1(O)[C@@H](OC(=O)c2cccc(F)c2F)C[N+]2=C(N)N[C@@H](CO)C3NC(N)=[N+](O)C321. The van der Waals surface area contributed by atoms with Crippen LogP contribution in [0, 0.1) is 11.6 Å². The Morgan fingerprint density at radius 2 is 2.03 bits per heavy atom. The van der Waals surface area contributed by atoms with E-state index >= 15 is 0 Å². The van der Waals surface area contributed by atoms with Gasteiger partial charge in [0, 0.05) is 0 Å². The first-order chi connectivity index (χ1) is 14.1. The van der Waals surface area contributed by atoms with Crippen LogP contribution in [0.1, 0.15) is 17.3 Å². The van der Waals surface area contributed by atoms with Gasteiger partial charge in [0.2, 0.25) is 0 Å². The Balaban J connectivity index is 1.77. The van der Waals surface area contributed by atoms with Gasteiger partial charge in [-0.25, -0.2) is 18.2 Å². The molecule has 11 nitrogen and oxygen atoms in total. The van der Waals surface area contributed by atoms with Crippen LogP contribution in [-0.2, 0) is 4.74 Å². The molecule has 9 N–H and O–H groups in total. The first kappa shape index (κ1) is 20.1. The summed E-state index contributed by atoms with van der Waals surface area (Å²) in [6.07, 6.45) is -1.34. The highest BCUT2D eigenvalue weighted by atomic mass is 19.2. The largest absolute Gasteiger partial charge is 0.452 e. The second-order valence-electron chi connectivity index (χ2n) is 7.62. The monoisotopic (exact) mass is 428 g/mol. The van der Waals surface area contributed by atoms with Crippen LogP contribution < -0.4 is 22.1 Å². The summed E-state index contributed by atoms with van der Waals surface area (Å²) in [5, 5.41) is 37.6. The van der Waals surface area contributed by atoms with Gasteiger partial charge in [0.05, 0.1) is 12.2 Å². The third-order valence-corrected chi connectivity index (χ3v) is 6.06. The van der Waals surface area contributed by atoms with Gasteiger partial charge < -0.3 is 20.2 Å². The highest BCUT2D eigenvalue weighted by Crippen LogP contribution is 2.44. The van der Waals surface area contributed by atoms with E-state index in [1.165, 1.54) is 11.5 Å². The van der Waals surface area contributed by atoms with Gasteiger partial charge in [-0.05, 0) is 23.8 Å². The predicted octanol–water partition coefficient (Wildman–Crippen LogP) is -3.07. The molecule has 2 unspecified atom stereocenters. The molecule has 13 heteroatoms. The van der Waals surface area contributed by atoms with Crippen LogP contribution in [0.5, 0.6) is 0 Å². The number of carbonyl (C=O) groups excluding carboxylic acids is 1. The molecular formula is C17H22F2N6O5+2. The Hall–Kier alpha value is -3.19. The summed E-state index contributed by atoms with van der Waals surface area (Å²) in [5.41, 5.74) is 7.45. The van der Waals surface area contributed by atoms with E-state index < -0.39 is 59.2 Å². The first-order valence-corrected chi connectivity index (χ1v) is 9.10. The van der Waals surface area contributed by atoms with E-state index in [9.17, 15) is 29.0 Å². The Bertz CT molecular complexity index is 999. The van der Waals surface area contributed by atoms with Crippen LogP contribution in [0.3, 0.4) is 0 Å². The van der Waals surface area contributed by atoms with Crippen molar-refractivity contribution in [1.82, 2.24) is 10.6 Å². The second kappa shape index (κ2) is 6.40. The van der Waals surface area contributed by atoms with Crippen molar-refractivity contribution in [3.8, 4) is 0 Å². The number of nitrogens with one attached hydrogen (secondary N) is 2. The van der Waals surface area contributed by atoms with E-state index in [0.717, 1.165) is 18.2 Å². The van der Waals surface area contributed by atoms with E-state index in [1.54, 1.807) is 0 Å². The maximum Gasteiger partial charge on any atom is 0.384 e. The summed E-state index contributed by atoms with van der Waals surface area (Å²) < 4.78 is 34.8. The van der Waals surface area contributed by atoms with Gasteiger partial charge >= 0.3 is 23.6 Å². The minimum atomic E-state index is -2.03. The van der Waals surface area contributed by atoms with Gasteiger partial charge in [0.1, 0.15) is 12.6 Å². The van der Waals surface area contributed by atoms with Crippen LogP contribution in [0.15, 0.2) is 18.2 Å². The van der Waals surface area contributed by atoms with Crippen molar-refractivity contribution in [3.05, 3.63) is 35.4 Å².